The highest BCUT2D eigenvalue weighted by molar-refractivity contribution is 4.79. The molecule has 1 aliphatic rings. The lowest BCUT2D eigenvalue weighted by atomic mass is 10.1. The first-order valence-corrected chi connectivity index (χ1v) is 6.83. The van der Waals surface area contributed by atoms with Gasteiger partial charge in [-0.3, -0.25) is 4.90 Å². The van der Waals surface area contributed by atoms with Crippen LogP contribution in [0.5, 0.6) is 0 Å². The van der Waals surface area contributed by atoms with Crippen LogP contribution >= 0.6 is 0 Å². The van der Waals surface area contributed by atoms with Crippen LogP contribution in [0.15, 0.2) is 0 Å². The van der Waals surface area contributed by atoms with Gasteiger partial charge < -0.3 is 10.2 Å². The van der Waals surface area contributed by atoms with E-state index in [1.807, 2.05) is 0 Å². The summed E-state index contributed by atoms with van der Waals surface area (Å²) in [6.45, 7) is 12.8. The minimum atomic E-state index is 0.662. The van der Waals surface area contributed by atoms with Gasteiger partial charge in [-0.15, -0.1) is 0 Å². The summed E-state index contributed by atoms with van der Waals surface area (Å²) in [5.41, 5.74) is 0. The number of hydrogen-bond acceptors (Lipinski definition) is 3. The van der Waals surface area contributed by atoms with Crippen LogP contribution in [-0.2, 0) is 0 Å². The Hall–Kier alpha value is -0.120. The maximum atomic E-state index is 3.57. The maximum absolute atomic E-state index is 3.57. The molecular weight excluding hydrogens is 198 g/mol. The number of nitrogens with one attached hydrogen (secondary N) is 1. The number of likely N-dealkylation sites (N-methyl/N-ethyl adjacent to an activating group) is 1. The highest BCUT2D eigenvalue weighted by Crippen LogP contribution is 2.09. The lowest BCUT2D eigenvalue weighted by Crippen LogP contribution is -2.52. The van der Waals surface area contributed by atoms with E-state index >= 15 is 0 Å². The van der Waals surface area contributed by atoms with E-state index in [-0.39, 0.29) is 0 Å². The number of rotatable bonds is 6. The summed E-state index contributed by atoms with van der Waals surface area (Å²) in [6.07, 6.45) is 2.49. The Balaban J connectivity index is 2.18. The Morgan fingerprint density at radius 2 is 2.06 bits per heavy atom. The molecule has 96 valence electrons. The van der Waals surface area contributed by atoms with Crippen LogP contribution in [0.4, 0.5) is 0 Å². The average Bonchev–Trinajstić information content (AvgIpc) is 2.31. The molecule has 0 aromatic heterocycles. The largest absolute Gasteiger partial charge is 0.313 e. The molecule has 1 heterocycles. The van der Waals surface area contributed by atoms with Gasteiger partial charge in [0.1, 0.15) is 0 Å². The van der Waals surface area contributed by atoms with Gasteiger partial charge in [0.15, 0.2) is 0 Å². The molecule has 0 bridgehead atoms. The molecule has 2 atom stereocenters. The minimum absolute atomic E-state index is 0.662. The van der Waals surface area contributed by atoms with Gasteiger partial charge in [-0.2, -0.15) is 0 Å². The molecule has 2 unspecified atom stereocenters. The van der Waals surface area contributed by atoms with Crippen molar-refractivity contribution in [3.63, 3.8) is 0 Å². The molecule has 0 amide bonds. The average molecular weight is 227 g/mol. The SMILES string of the molecule is CCC(C)NCCN1CCN(C)C(CC)C1. The van der Waals surface area contributed by atoms with Gasteiger partial charge >= 0.3 is 0 Å². The lowest BCUT2D eigenvalue weighted by molar-refractivity contribution is 0.0934. The summed E-state index contributed by atoms with van der Waals surface area (Å²) in [5, 5.41) is 3.57. The normalized spacial score (nSPS) is 25.9. The van der Waals surface area contributed by atoms with Crippen LogP contribution in [0.1, 0.15) is 33.6 Å². The van der Waals surface area contributed by atoms with Gasteiger partial charge in [0.05, 0.1) is 0 Å². The molecule has 0 aliphatic carbocycles. The highest BCUT2D eigenvalue weighted by atomic mass is 15.3. The summed E-state index contributed by atoms with van der Waals surface area (Å²) >= 11 is 0. The number of piperazine rings is 1. The second kappa shape index (κ2) is 7.25. The fourth-order valence-electron chi connectivity index (χ4n) is 2.27. The number of hydrogen-bond donors (Lipinski definition) is 1. The molecule has 1 aliphatic heterocycles. The summed E-state index contributed by atoms with van der Waals surface area (Å²) in [5.74, 6) is 0. The quantitative estimate of drug-likeness (QED) is 0.740. The van der Waals surface area contributed by atoms with E-state index in [1.165, 1.54) is 39.0 Å². The topological polar surface area (TPSA) is 18.5 Å². The van der Waals surface area contributed by atoms with Crippen LogP contribution in [0.25, 0.3) is 0 Å². The molecular formula is C13H29N3. The second-order valence-corrected chi connectivity index (χ2v) is 5.11. The summed E-state index contributed by atoms with van der Waals surface area (Å²) in [7, 11) is 2.25. The van der Waals surface area contributed by atoms with Crippen molar-refractivity contribution in [2.75, 3.05) is 39.8 Å². The van der Waals surface area contributed by atoms with Gasteiger partial charge in [0.25, 0.3) is 0 Å². The Kier molecular flexibility index (Phi) is 6.32. The zero-order valence-electron chi connectivity index (χ0n) is 11.5. The van der Waals surface area contributed by atoms with E-state index in [2.05, 4.69) is 42.9 Å². The van der Waals surface area contributed by atoms with Crippen molar-refractivity contribution in [3.05, 3.63) is 0 Å². The third-order valence-electron chi connectivity index (χ3n) is 3.87. The molecule has 16 heavy (non-hydrogen) atoms. The Morgan fingerprint density at radius 3 is 2.69 bits per heavy atom. The minimum Gasteiger partial charge on any atom is -0.313 e. The molecule has 0 radical (unpaired) electrons. The molecule has 0 aromatic carbocycles. The first-order chi connectivity index (χ1) is 7.67. The molecule has 0 spiro atoms. The van der Waals surface area contributed by atoms with E-state index in [4.69, 9.17) is 0 Å². The third-order valence-corrected chi connectivity index (χ3v) is 3.87. The molecule has 3 nitrogen and oxygen atoms in total. The van der Waals surface area contributed by atoms with Crippen molar-refractivity contribution in [1.29, 1.82) is 0 Å². The second-order valence-electron chi connectivity index (χ2n) is 5.11. The molecule has 3 heteroatoms. The molecule has 1 N–H and O–H groups in total. The van der Waals surface area contributed by atoms with Crippen LogP contribution in [0.2, 0.25) is 0 Å². The zero-order valence-corrected chi connectivity index (χ0v) is 11.5. The predicted molar refractivity (Wildman–Crippen MR) is 70.9 cm³/mol. The highest BCUT2D eigenvalue weighted by Gasteiger charge is 2.22. The van der Waals surface area contributed by atoms with Crippen molar-refractivity contribution in [2.45, 2.75) is 45.7 Å². The fraction of sp³-hybridized carbons (Fsp3) is 1.00. The Morgan fingerprint density at radius 1 is 1.31 bits per heavy atom. The van der Waals surface area contributed by atoms with Crippen molar-refractivity contribution >= 4 is 0 Å². The van der Waals surface area contributed by atoms with Crippen LogP contribution in [0, 0.1) is 0 Å². The van der Waals surface area contributed by atoms with E-state index in [0.29, 0.717) is 6.04 Å². The lowest BCUT2D eigenvalue weighted by Gasteiger charge is -2.39. The first-order valence-electron chi connectivity index (χ1n) is 6.83. The van der Waals surface area contributed by atoms with Gasteiger partial charge in [-0.05, 0) is 26.8 Å². The first kappa shape index (κ1) is 13.9. The van der Waals surface area contributed by atoms with Gasteiger partial charge in [-0.1, -0.05) is 13.8 Å². The van der Waals surface area contributed by atoms with Crippen LogP contribution in [-0.4, -0.2) is 61.7 Å². The van der Waals surface area contributed by atoms with Crippen LogP contribution < -0.4 is 5.32 Å². The van der Waals surface area contributed by atoms with E-state index in [9.17, 15) is 0 Å². The standard InChI is InChI=1S/C13H29N3/c1-5-12(3)14-7-8-16-10-9-15(4)13(6-2)11-16/h12-14H,5-11H2,1-4H3. The molecule has 0 saturated carbocycles. The molecule has 1 saturated heterocycles. The Bertz CT molecular complexity index is 184. The van der Waals surface area contributed by atoms with Crippen molar-refractivity contribution in [1.82, 2.24) is 15.1 Å². The van der Waals surface area contributed by atoms with Gasteiger partial charge in [0, 0.05) is 44.8 Å². The summed E-state index contributed by atoms with van der Waals surface area (Å²) in [6, 6.07) is 1.42. The fourth-order valence-corrected chi connectivity index (χ4v) is 2.27. The predicted octanol–water partition coefficient (Wildman–Crippen LogP) is 1.40. The maximum Gasteiger partial charge on any atom is 0.0218 e. The molecule has 1 fully saturated rings. The van der Waals surface area contributed by atoms with Crippen molar-refractivity contribution in [3.8, 4) is 0 Å². The van der Waals surface area contributed by atoms with E-state index in [0.717, 1.165) is 12.6 Å². The Labute approximate surface area is 101 Å². The van der Waals surface area contributed by atoms with Crippen molar-refractivity contribution < 1.29 is 0 Å². The van der Waals surface area contributed by atoms with E-state index < -0.39 is 0 Å². The smallest absolute Gasteiger partial charge is 0.0218 e. The number of nitrogens with zero attached hydrogens (tertiary/aromatic N) is 2. The monoisotopic (exact) mass is 227 g/mol. The van der Waals surface area contributed by atoms with Gasteiger partial charge in [0.2, 0.25) is 0 Å². The van der Waals surface area contributed by atoms with E-state index in [1.54, 1.807) is 0 Å². The molecule has 0 aromatic rings. The zero-order chi connectivity index (χ0) is 12.0. The summed E-state index contributed by atoms with van der Waals surface area (Å²) < 4.78 is 0. The summed E-state index contributed by atoms with van der Waals surface area (Å²) in [4.78, 5) is 5.10. The van der Waals surface area contributed by atoms with Crippen molar-refractivity contribution in [2.24, 2.45) is 0 Å². The van der Waals surface area contributed by atoms with Crippen LogP contribution in [0.3, 0.4) is 0 Å². The third kappa shape index (κ3) is 4.40. The molecule has 1 rings (SSSR count). The van der Waals surface area contributed by atoms with Gasteiger partial charge in [-0.25, -0.2) is 0 Å².